The molecule has 0 atom stereocenters. The van der Waals surface area contributed by atoms with E-state index in [0.29, 0.717) is 6.61 Å². The Morgan fingerprint density at radius 3 is 2.84 bits per heavy atom. The third-order valence-corrected chi connectivity index (χ3v) is 3.09. The maximum Gasteiger partial charge on any atom is 0.120 e. The van der Waals surface area contributed by atoms with Crippen LogP contribution in [-0.4, -0.2) is 18.1 Å². The summed E-state index contributed by atoms with van der Waals surface area (Å²) in [7, 11) is 0. The fraction of sp³-hybridized carbons (Fsp3) is 0.267. The molecule has 0 fully saturated rings. The minimum atomic E-state index is 0.641. The Hall–Kier alpha value is -1.39. The van der Waals surface area contributed by atoms with Crippen LogP contribution >= 0.6 is 15.9 Å². The smallest absolute Gasteiger partial charge is 0.120 e. The van der Waals surface area contributed by atoms with Crippen molar-refractivity contribution in [1.29, 1.82) is 0 Å². The Bertz CT molecular complexity index is 484. The largest absolute Gasteiger partial charge is 0.492 e. The zero-order valence-electron chi connectivity index (χ0n) is 10.9. The fourth-order valence-electron chi connectivity index (χ4n) is 1.71. The van der Waals surface area contributed by atoms with Crippen molar-refractivity contribution in [1.82, 2.24) is 10.3 Å². The molecule has 2 aromatic rings. The summed E-state index contributed by atoms with van der Waals surface area (Å²) in [5.41, 5.74) is 2.10. The Labute approximate surface area is 122 Å². The number of aryl methyl sites for hydroxylation is 1. The lowest BCUT2D eigenvalue weighted by Crippen LogP contribution is -2.21. The summed E-state index contributed by atoms with van der Waals surface area (Å²) in [6.07, 6.45) is 0. The third-order valence-electron chi connectivity index (χ3n) is 2.60. The molecule has 0 aliphatic carbocycles. The van der Waals surface area contributed by atoms with Crippen molar-refractivity contribution in [3.8, 4) is 5.75 Å². The van der Waals surface area contributed by atoms with E-state index < -0.39 is 0 Å². The van der Waals surface area contributed by atoms with Crippen molar-refractivity contribution in [2.45, 2.75) is 13.5 Å². The van der Waals surface area contributed by atoms with Gasteiger partial charge in [0.1, 0.15) is 12.4 Å². The van der Waals surface area contributed by atoms with Crippen molar-refractivity contribution < 1.29 is 4.74 Å². The first-order chi connectivity index (χ1) is 9.24. The van der Waals surface area contributed by atoms with Gasteiger partial charge in [0.15, 0.2) is 0 Å². The number of nitrogens with zero attached hydrogens (tertiary/aromatic N) is 1. The average molecular weight is 321 g/mol. The number of benzene rings is 1. The normalized spacial score (nSPS) is 10.4. The molecule has 0 saturated carbocycles. The predicted octanol–water partition coefficient (Wildman–Crippen LogP) is 3.32. The van der Waals surface area contributed by atoms with Gasteiger partial charge in [-0.05, 0) is 37.3 Å². The van der Waals surface area contributed by atoms with E-state index in [1.165, 1.54) is 0 Å². The van der Waals surface area contributed by atoms with Gasteiger partial charge in [0, 0.05) is 23.3 Å². The van der Waals surface area contributed by atoms with Crippen molar-refractivity contribution in [3.05, 3.63) is 58.3 Å². The van der Waals surface area contributed by atoms with Crippen molar-refractivity contribution in [2.75, 3.05) is 13.2 Å². The lowest BCUT2D eigenvalue weighted by molar-refractivity contribution is 0.313. The summed E-state index contributed by atoms with van der Waals surface area (Å²) >= 11 is 3.42. The second-order valence-electron chi connectivity index (χ2n) is 4.25. The second-order valence-corrected chi connectivity index (χ2v) is 5.17. The van der Waals surface area contributed by atoms with E-state index >= 15 is 0 Å². The van der Waals surface area contributed by atoms with E-state index in [0.717, 1.165) is 34.7 Å². The molecule has 1 heterocycles. The topological polar surface area (TPSA) is 34.1 Å². The van der Waals surface area contributed by atoms with Gasteiger partial charge in [0.2, 0.25) is 0 Å². The highest BCUT2D eigenvalue weighted by atomic mass is 79.9. The number of ether oxygens (including phenoxy) is 1. The van der Waals surface area contributed by atoms with E-state index in [4.69, 9.17) is 4.74 Å². The van der Waals surface area contributed by atoms with Gasteiger partial charge in [0.05, 0.1) is 5.69 Å². The predicted molar refractivity (Wildman–Crippen MR) is 80.3 cm³/mol. The fourth-order valence-corrected chi connectivity index (χ4v) is 2.09. The Morgan fingerprint density at radius 2 is 2.05 bits per heavy atom. The van der Waals surface area contributed by atoms with Gasteiger partial charge in [-0.15, -0.1) is 0 Å². The summed E-state index contributed by atoms with van der Waals surface area (Å²) in [6, 6.07) is 13.9. The number of halogens is 1. The van der Waals surface area contributed by atoms with Gasteiger partial charge in [-0.25, -0.2) is 0 Å². The summed E-state index contributed by atoms with van der Waals surface area (Å²) < 4.78 is 6.67. The SMILES string of the molecule is Cc1cccc(CNCCOc2cccc(Br)c2)n1. The molecule has 2 rings (SSSR count). The van der Waals surface area contributed by atoms with E-state index in [-0.39, 0.29) is 0 Å². The molecular weight excluding hydrogens is 304 g/mol. The zero-order valence-corrected chi connectivity index (χ0v) is 12.5. The minimum absolute atomic E-state index is 0.641. The standard InChI is InChI=1S/C15H17BrN2O/c1-12-4-2-6-14(18-12)11-17-8-9-19-15-7-3-5-13(16)10-15/h2-7,10,17H,8-9,11H2,1H3. The van der Waals surface area contributed by atoms with Crippen molar-refractivity contribution >= 4 is 15.9 Å². The molecule has 1 aromatic carbocycles. The Kier molecular flexibility index (Phi) is 5.36. The van der Waals surface area contributed by atoms with E-state index in [2.05, 4.69) is 26.2 Å². The van der Waals surface area contributed by atoms with E-state index in [1.807, 2.05) is 49.4 Å². The number of hydrogen-bond acceptors (Lipinski definition) is 3. The molecule has 0 spiro atoms. The molecule has 100 valence electrons. The lowest BCUT2D eigenvalue weighted by atomic mass is 10.3. The van der Waals surface area contributed by atoms with E-state index in [9.17, 15) is 0 Å². The van der Waals surface area contributed by atoms with Gasteiger partial charge in [-0.2, -0.15) is 0 Å². The highest BCUT2D eigenvalue weighted by Gasteiger charge is 1.96. The second kappa shape index (κ2) is 7.26. The van der Waals surface area contributed by atoms with E-state index in [1.54, 1.807) is 0 Å². The van der Waals surface area contributed by atoms with Crippen LogP contribution in [0.25, 0.3) is 0 Å². The van der Waals surface area contributed by atoms with Crippen LogP contribution in [0.15, 0.2) is 46.9 Å². The first-order valence-electron chi connectivity index (χ1n) is 6.26. The van der Waals surface area contributed by atoms with Gasteiger partial charge in [-0.1, -0.05) is 28.1 Å². The lowest BCUT2D eigenvalue weighted by Gasteiger charge is -2.08. The van der Waals surface area contributed by atoms with Crippen LogP contribution in [0.2, 0.25) is 0 Å². The maximum atomic E-state index is 5.64. The molecule has 0 saturated heterocycles. The van der Waals surface area contributed by atoms with Gasteiger partial charge in [-0.3, -0.25) is 4.98 Å². The number of hydrogen-bond donors (Lipinski definition) is 1. The maximum absolute atomic E-state index is 5.64. The van der Waals surface area contributed by atoms with Crippen molar-refractivity contribution in [3.63, 3.8) is 0 Å². The molecule has 4 heteroatoms. The highest BCUT2D eigenvalue weighted by molar-refractivity contribution is 9.10. The first kappa shape index (κ1) is 14.0. The summed E-state index contributed by atoms with van der Waals surface area (Å²) in [4.78, 5) is 4.43. The van der Waals surface area contributed by atoms with Crippen LogP contribution in [0.3, 0.4) is 0 Å². The van der Waals surface area contributed by atoms with Crippen LogP contribution in [0.5, 0.6) is 5.75 Å². The molecule has 0 amide bonds. The summed E-state index contributed by atoms with van der Waals surface area (Å²) in [5.74, 6) is 0.879. The minimum Gasteiger partial charge on any atom is -0.492 e. The molecule has 1 N–H and O–H groups in total. The quantitative estimate of drug-likeness (QED) is 0.829. The number of pyridine rings is 1. The van der Waals surface area contributed by atoms with Crippen LogP contribution in [0.4, 0.5) is 0 Å². The molecule has 0 aliphatic rings. The monoisotopic (exact) mass is 320 g/mol. The summed E-state index contributed by atoms with van der Waals surface area (Å²) in [5, 5.41) is 3.31. The van der Waals surface area contributed by atoms with Crippen LogP contribution < -0.4 is 10.1 Å². The number of aromatic nitrogens is 1. The number of rotatable bonds is 6. The number of nitrogens with one attached hydrogen (secondary N) is 1. The molecule has 0 aliphatic heterocycles. The van der Waals surface area contributed by atoms with Crippen LogP contribution in [0, 0.1) is 6.92 Å². The molecule has 3 nitrogen and oxygen atoms in total. The Balaban J connectivity index is 1.67. The molecule has 0 radical (unpaired) electrons. The molecule has 1 aromatic heterocycles. The first-order valence-corrected chi connectivity index (χ1v) is 7.05. The van der Waals surface area contributed by atoms with Gasteiger partial charge in [0.25, 0.3) is 0 Å². The Morgan fingerprint density at radius 1 is 1.21 bits per heavy atom. The highest BCUT2D eigenvalue weighted by Crippen LogP contribution is 2.17. The zero-order chi connectivity index (χ0) is 13.5. The molecule has 19 heavy (non-hydrogen) atoms. The molecule has 0 unspecified atom stereocenters. The summed E-state index contributed by atoms with van der Waals surface area (Å²) in [6.45, 7) is 4.20. The van der Waals surface area contributed by atoms with Crippen molar-refractivity contribution in [2.24, 2.45) is 0 Å². The molecular formula is C15H17BrN2O. The average Bonchev–Trinajstić information content (AvgIpc) is 2.38. The molecule has 0 bridgehead atoms. The van der Waals surface area contributed by atoms with Gasteiger partial charge < -0.3 is 10.1 Å². The van der Waals surface area contributed by atoms with Crippen LogP contribution in [-0.2, 0) is 6.54 Å². The van der Waals surface area contributed by atoms with Gasteiger partial charge >= 0.3 is 0 Å². The third kappa shape index (κ3) is 5.01. The van der Waals surface area contributed by atoms with Crippen LogP contribution in [0.1, 0.15) is 11.4 Å².